The lowest BCUT2D eigenvalue weighted by Gasteiger charge is -2.37. The molecule has 3 aromatic carbocycles. The van der Waals surface area contributed by atoms with Crippen LogP contribution >= 0.6 is 0 Å². The maximum absolute atomic E-state index is 14.5. The molecule has 4 heterocycles. The van der Waals surface area contributed by atoms with Crippen LogP contribution in [0.15, 0.2) is 77.8 Å². The Balaban J connectivity index is 1.06. The molecule has 0 aliphatic carbocycles. The molecular formula is C59H85N13O10. The number of nitrogens with one attached hydrogen (secondary N) is 5. The Labute approximate surface area is 480 Å². The summed E-state index contributed by atoms with van der Waals surface area (Å²) in [7, 11) is 0. The lowest BCUT2D eigenvalue weighted by molar-refractivity contribution is -0.144. The number of rotatable bonds is 19. The smallest absolute Gasteiger partial charge is 0.251 e. The van der Waals surface area contributed by atoms with E-state index < -0.39 is 89.7 Å². The molecule has 0 unspecified atom stereocenters. The molecule has 0 spiro atoms. The van der Waals surface area contributed by atoms with Crippen molar-refractivity contribution in [3.8, 4) is 11.5 Å². The van der Waals surface area contributed by atoms with Crippen LogP contribution in [-0.2, 0) is 35.2 Å². The maximum atomic E-state index is 14.5. The van der Waals surface area contributed by atoms with Crippen molar-refractivity contribution in [2.45, 2.75) is 152 Å². The minimum absolute atomic E-state index is 0.0152. The zero-order valence-corrected chi connectivity index (χ0v) is 47.4. The summed E-state index contributed by atoms with van der Waals surface area (Å²) < 4.78 is 6.00. The van der Waals surface area contributed by atoms with Gasteiger partial charge in [0.15, 0.2) is 5.96 Å². The first kappa shape index (κ1) is 61.9. The van der Waals surface area contributed by atoms with E-state index in [1.807, 2.05) is 24.3 Å². The number of ether oxygens (including phenoxy) is 1. The lowest BCUT2D eigenvalue weighted by atomic mass is 10.0. The average Bonchev–Trinajstić information content (AvgIpc) is 4.36. The summed E-state index contributed by atoms with van der Waals surface area (Å²) in [6.07, 6.45) is 6.77. The predicted octanol–water partition coefficient (Wildman–Crippen LogP) is 1.52. The molecule has 23 nitrogen and oxygen atoms in total. The van der Waals surface area contributed by atoms with Crippen LogP contribution in [0.2, 0.25) is 0 Å². The number of guanidine groups is 1. The number of nitrogens with zero attached hydrogens (tertiary/aromatic N) is 5. The fourth-order valence-electron chi connectivity index (χ4n) is 11.2. The molecule has 7 rings (SSSR count). The van der Waals surface area contributed by atoms with Gasteiger partial charge < -0.3 is 78.3 Å². The molecule has 7 amide bonds. The second-order valence-corrected chi connectivity index (χ2v) is 21.9. The van der Waals surface area contributed by atoms with Crippen LogP contribution < -0.4 is 58.3 Å². The highest BCUT2D eigenvalue weighted by Crippen LogP contribution is 2.26. The van der Waals surface area contributed by atoms with Crippen molar-refractivity contribution in [2.24, 2.45) is 22.2 Å². The summed E-state index contributed by atoms with van der Waals surface area (Å²) in [6, 6.07) is 13.4. The molecular weight excluding hydrogens is 1050 g/mol. The first-order valence-electron chi connectivity index (χ1n) is 29.2. The van der Waals surface area contributed by atoms with E-state index in [9.17, 15) is 43.8 Å². The number of carbonyl (C=O) groups excluding carboxylic acids is 7. The normalized spacial score (nSPS) is 23.8. The Bertz CT molecular complexity index is 2650. The zero-order chi connectivity index (χ0) is 58.7. The second kappa shape index (κ2) is 30.4. The molecule has 82 heavy (non-hydrogen) atoms. The number of unbranched alkanes of at least 4 members (excludes halogenated alkanes) is 5. The number of phenols is 1. The third-order valence-corrected chi connectivity index (χ3v) is 15.8. The fourth-order valence-corrected chi connectivity index (χ4v) is 11.2. The molecule has 0 aromatic heterocycles. The Kier molecular flexibility index (Phi) is 23.0. The number of nitrogens with two attached hydrogens (primary N) is 3. The third kappa shape index (κ3) is 17.2. The second-order valence-electron chi connectivity index (χ2n) is 21.9. The first-order chi connectivity index (χ1) is 39.5. The highest BCUT2D eigenvalue weighted by atomic mass is 16.5. The van der Waals surface area contributed by atoms with Crippen molar-refractivity contribution in [1.29, 1.82) is 0 Å². The van der Waals surface area contributed by atoms with Crippen LogP contribution in [0.5, 0.6) is 11.5 Å². The van der Waals surface area contributed by atoms with Gasteiger partial charge in [-0.15, -0.1) is 0 Å². The standard InChI is InChI=1S/C59H85N13O10/c1-3-4-5-6-7-8-35-82-45-24-20-43(21-25-45)70-33-31-69(32-34-70)42-18-16-40(17-19-42)52(75)65-46-11-9-29-63-55(78)50-36-41(64-59(61)62)37-72(50)57(80)48(27-28-60)67-53(76)47(26-15-39-13-22-44(74)23-14-39)66-56(79)49-12-10-30-71(49)58(81)51(38(2)73)68-54(46)77/h13-14,16-25,38,41,46-51,73-74H,3-12,15,26-37,60H2,1-2H3,(H,63,78)(H,65,75)(H,66,79)(H,67,76)(H,68,77)(H4,61,62,64)/t38-,41+,46+,47+,48+,49-,50-,51+/m1/s1. The van der Waals surface area contributed by atoms with E-state index in [4.69, 9.17) is 21.9 Å². The highest BCUT2D eigenvalue weighted by Gasteiger charge is 2.44. The summed E-state index contributed by atoms with van der Waals surface area (Å²) in [4.78, 5) is 112. The molecule has 0 saturated carbocycles. The number of aliphatic hydroxyl groups excluding tert-OH is 1. The zero-order valence-electron chi connectivity index (χ0n) is 47.4. The number of hydrogen-bond acceptors (Lipinski definition) is 14. The quantitative estimate of drug-likeness (QED) is 0.0462. The molecule has 0 bridgehead atoms. The van der Waals surface area contributed by atoms with Crippen LogP contribution in [0.3, 0.4) is 0 Å². The van der Waals surface area contributed by atoms with E-state index in [1.165, 1.54) is 61.0 Å². The van der Waals surface area contributed by atoms with Crippen LogP contribution in [-0.4, -0.2) is 175 Å². The minimum Gasteiger partial charge on any atom is -0.508 e. The molecule has 8 atom stereocenters. The third-order valence-electron chi connectivity index (χ3n) is 15.8. The van der Waals surface area contributed by atoms with E-state index in [-0.39, 0.29) is 88.4 Å². The van der Waals surface area contributed by atoms with E-state index in [2.05, 4.69) is 60.4 Å². The lowest BCUT2D eigenvalue weighted by Crippen LogP contribution is -2.61. The number of anilines is 2. The number of aryl methyl sites for hydroxylation is 1. The minimum atomic E-state index is -1.55. The number of carbonyl (C=O) groups is 7. The van der Waals surface area contributed by atoms with Gasteiger partial charge in [0.25, 0.3) is 5.91 Å². The van der Waals surface area contributed by atoms with Crippen LogP contribution in [0.25, 0.3) is 0 Å². The largest absolute Gasteiger partial charge is 0.508 e. The van der Waals surface area contributed by atoms with Crippen molar-refractivity contribution in [1.82, 2.24) is 36.4 Å². The number of benzene rings is 3. The highest BCUT2D eigenvalue weighted by molar-refractivity contribution is 6.00. The van der Waals surface area contributed by atoms with E-state index >= 15 is 0 Å². The van der Waals surface area contributed by atoms with Crippen molar-refractivity contribution >= 4 is 58.7 Å². The van der Waals surface area contributed by atoms with Gasteiger partial charge in [-0.05, 0) is 131 Å². The average molecular weight is 1140 g/mol. The van der Waals surface area contributed by atoms with Crippen LogP contribution in [0.1, 0.15) is 113 Å². The number of phenolic OH excluding ortho intramolecular Hbond substituents is 1. The number of aromatic hydroxyl groups is 1. The van der Waals surface area contributed by atoms with Gasteiger partial charge >= 0.3 is 0 Å². The van der Waals surface area contributed by atoms with Gasteiger partial charge in [0, 0.05) is 69.2 Å². The van der Waals surface area contributed by atoms with E-state index in [0.29, 0.717) is 13.0 Å². The summed E-state index contributed by atoms with van der Waals surface area (Å²) >= 11 is 0. The maximum Gasteiger partial charge on any atom is 0.251 e. The molecule has 4 aliphatic heterocycles. The monoisotopic (exact) mass is 1140 g/mol. The molecule has 13 N–H and O–H groups in total. The van der Waals surface area contributed by atoms with Crippen molar-refractivity contribution in [3.05, 3.63) is 83.9 Å². The number of hydrogen-bond donors (Lipinski definition) is 10. The predicted molar refractivity (Wildman–Crippen MR) is 312 cm³/mol. The van der Waals surface area contributed by atoms with Crippen molar-refractivity contribution in [3.63, 3.8) is 0 Å². The van der Waals surface area contributed by atoms with Crippen molar-refractivity contribution < 1.29 is 48.5 Å². The van der Waals surface area contributed by atoms with Gasteiger partial charge in [0.2, 0.25) is 35.4 Å². The Hall–Kier alpha value is -7.66. The van der Waals surface area contributed by atoms with Gasteiger partial charge in [0.1, 0.15) is 47.8 Å². The van der Waals surface area contributed by atoms with Gasteiger partial charge in [-0.1, -0.05) is 51.2 Å². The van der Waals surface area contributed by atoms with Gasteiger partial charge in [0.05, 0.1) is 18.8 Å². The van der Waals surface area contributed by atoms with Gasteiger partial charge in [-0.25, -0.2) is 4.99 Å². The number of fused-ring (bicyclic) bond motifs is 2. The topological polar surface area (TPSA) is 333 Å². The number of amides is 7. The summed E-state index contributed by atoms with van der Waals surface area (Å²) in [5.74, 6) is -4.06. The van der Waals surface area contributed by atoms with E-state index in [1.54, 1.807) is 24.3 Å². The molecule has 3 aromatic rings. The Morgan fingerprint density at radius 1 is 0.720 bits per heavy atom. The number of aliphatic imine (C=N–C) groups is 1. The van der Waals surface area contributed by atoms with Gasteiger partial charge in [-0.3, -0.25) is 33.6 Å². The Morgan fingerprint density at radius 3 is 2.01 bits per heavy atom. The molecule has 0 radical (unpaired) electrons. The summed E-state index contributed by atoms with van der Waals surface area (Å²) in [6.45, 7) is 7.29. The van der Waals surface area contributed by atoms with Gasteiger partial charge in [-0.2, -0.15) is 0 Å². The molecule has 4 fully saturated rings. The SMILES string of the molecule is CCCCCCCCOc1ccc(N2CCN(c3ccc(C(=O)N[C@H]4CCCNC(=O)[C@H]5C[C@H](N=C(N)N)CN5C(=O)[C@H](CCN)NC(=O)[C@H](CCc5ccc(O)cc5)NC(=O)[C@H]5CCCN5C(=O)[C@H]([C@@H](C)O)NC4=O)cc3)CC2)cc1. The number of piperazine rings is 1. The summed E-state index contributed by atoms with van der Waals surface area (Å²) in [5, 5.41) is 34.9. The van der Waals surface area contributed by atoms with Crippen molar-refractivity contribution in [2.75, 3.05) is 68.8 Å². The van der Waals surface area contributed by atoms with Crippen LogP contribution in [0, 0.1) is 0 Å². The first-order valence-corrected chi connectivity index (χ1v) is 29.2. The molecule has 4 saturated heterocycles. The summed E-state index contributed by atoms with van der Waals surface area (Å²) in [5.41, 5.74) is 20.5. The van der Waals surface area contributed by atoms with E-state index in [0.717, 1.165) is 55.3 Å². The molecule has 4 aliphatic rings. The Morgan fingerprint density at radius 2 is 1.37 bits per heavy atom. The van der Waals surface area contributed by atoms with Crippen LogP contribution in [0.4, 0.5) is 11.4 Å². The molecule has 446 valence electrons. The number of aliphatic hydroxyl groups is 1. The fraction of sp³-hybridized carbons (Fsp3) is 0.559. The molecule has 23 heteroatoms.